The summed E-state index contributed by atoms with van der Waals surface area (Å²) in [5.41, 5.74) is 0.447. The standard InChI is InChI=1S/C25H32O8/c1-25(2,17-30-13-21(26)15-32-23(28)19-9-5-3-6-10-19)18-31-14-22(27)16-33-24(29)20-11-7-4-8-12-20/h3-12,21-22,26-27H,13-18H2,1-2H3. The summed E-state index contributed by atoms with van der Waals surface area (Å²) in [5, 5.41) is 19.9. The zero-order valence-corrected chi connectivity index (χ0v) is 19.0. The van der Waals surface area contributed by atoms with E-state index in [9.17, 15) is 19.8 Å². The van der Waals surface area contributed by atoms with Gasteiger partial charge in [-0.15, -0.1) is 0 Å². The minimum absolute atomic E-state index is 0.00353. The molecule has 0 heterocycles. The van der Waals surface area contributed by atoms with E-state index in [0.717, 1.165) is 0 Å². The Morgan fingerprint density at radius 1 is 0.697 bits per heavy atom. The molecule has 33 heavy (non-hydrogen) atoms. The topological polar surface area (TPSA) is 112 Å². The summed E-state index contributed by atoms with van der Waals surface area (Å²) in [6, 6.07) is 17.1. The normalized spacial score (nSPS) is 13.2. The second kappa shape index (κ2) is 13.7. The van der Waals surface area contributed by atoms with Crippen molar-refractivity contribution in [2.45, 2.75) is 26.1 Å². The number of aliphatic hydroxyl groups is 2. The molecule has 0 saturated carbocycles. The molecule has 8 heteroatoms. The van der Waals surface area contributed by atoms with Crippen molar-refractivity contribution in [3.8, 4) is 0 Å². The zero-order chi connectivity index (χ0) is 24.1. The van der Waals surface area contributed by atoms with Crippen LogP contribution in [0.2, 0.25) is 0 Å². The molecule has 0 aliphatic heterocycles. The number of rotatable bonds is 14. The minimum Gasteiger partial charge on any atom is -0.459 e. The Labute approximate surface area is 194 Å². The molecule has 0 fully saturated rings. The number of hydrogen-bond donors (Lipinski definition) is 2. The lowest BCUT2D eigenvalue weighted by Gasteiger charge is -2.25. The van der Waals surface area contributed by atoms with Crippen molar-refractivity contribution in [1.29, 1.82) is 0 Å². The summed E-state index contributed by atoms with van der Waals surface area (Å²) in [4.78, 5) is 23.7. The van der Waals surface area contributed by atoms with Crippen LogP contribution >= 0.6 is 0 Å². The first kappa shape index (κ1) is 26.5. The Kier molecular flexibility index (Phi) is 11.0. The number of hydrogen-bond acceptors (Lipinski definition) is 8. The molecule has 2 unspecified atom stereocenters. The number of aliphatic hydroxyl groups excluding tert-OH is 2. The van der Waals surface area contributed by atoms with Gasteiger partial charge in [-0.3, -0.25) is 0 Å². The van der Waals surface area contributed by atoms with Crippen molar-refractivity contribution in [3.05, 3.63) is 71.8 Å². The van der Waals surface area contributed by atoms with Gasteiger partial charge in [0.15, 0.2) is 0 Å². The van der Waals surface area contributed by atoms with E-state index in [1.54, 1.807) is 60.7 Å². The van der Waals surface area contributed by atoms with Crippen LogP contribution in [0.5, 0.6) is 0 Å². The number of carbonyl (C=O) groups is 2. The molecular weight excluding hydrogens is 428 g/mol. The van der Waals surface area contributed by atoms with Gasteiger partial charge in [-0.1, -0.05) is 50.2 Å². The molecule has 2 aromatic carbocycles. The van der Waals surface area contributed by atoms with E-state index in [4.69, 9.17) is 18.9 Å². The molecule has 180 valence electrons. The third-order valence-corrected chi connectivity index (χ3v) is 4.44. The highest BCUT2D eigenvalue weighted by Crippen LogP contribution is 2.16. The van der Waals surface area contributed by atoms with Crippen LogP contribution in [-0.4, -0.2) is 74.0 Å². The van der Waals surface area contributed by atoms with Gasteiger partial charge in [-0.2, -0.15) is 0 Å². The fourth-order valence-corrected chi connectivity index (χ4v) is 2.74. The molecule has 0 amide bonds. The van der Waals surface area contributed by atoms with E-state index in [0.29, 0.717) is 11.1 Å². The van der Waals surface area contributed by atoms with E-state index in [1.807, 2.05) is 13.8 Å². The number of esters is 2. The number of carbonyl (C=O) groups excluding carboxylic acids is 2. The van der Waals surface area contributed by atoms with Crippen molar-refractivity contribution in [1.82, 2.24) is 0 Å². The van der Waals surface area contributed by atoms with Crippen molar-refractivity contribution in [3.63, 3.8) is 0 Å². The maximum atomic E-state index is 11.9. The lowest BCUT2D eigenvalue weighted by atomic mass is 9.96. The van der Waals surface area contributed by atoms with Gasteiger partial charge in [0.1, 0.15) is 25.4 Å². The summed E-state index contributed by atoms with van der Waals surface area (Å²) in [6.07, 6.45) is -1.90. The van der Waals surface area contributed by atoms with Gasteiger partial charge in [0.25, 0.3) is 0 Å². The molecule has 2 atom stereocenters. The van der Waals surface area contributed by atoms with Crippen molar-refractivity contribution in [2.24, 2.45) is 5.41 Å². The molecule has 2 N–H and O–H groups in total. The lowest BCUT2D eigenvalue weighted by molar-refractivity contribution is -0.0614. The minimum atomic E-state index is -0.949. The maximum Gasteiger partial charge on any atom is 0.338 e. The summed E-state index contributed by atoms with van der Waals surface area (Å²) in [6.45, 7) is 4.07. The third-order valence-electron chi connectivity index (χ3n) is 4.44. The Balaban J connectivity index is 1.56. The van der Waals surface area contributed by atoms with E-state index >= 15 is 0 Å². The van der Waals surface area contributed by atoms with Gasteiger partial charge in [0.2, 0.25) is 0 Å². The average Bonchev–Trinajstić information content (AvgIpc) is 2.81. The molecule has 0 aliphatic carbocycles. The van der Waals surface area contributed by atoms with E-state index in [2.05, 4.69) is 0 Å². The van der Waals surface area contributed by atoms with Crippen molar-refractivity contribution < 1.29 is 38.7 Å². The summed E-state index contributed by atoms with van der Waals surface area (Å²) in [7, 11) is 0. The third kappa shape index (κ3) is 10.6. The maximum absolute atomic E-state index is 11.9. The SMILES string of the molecule is CC(C)(COCC(O)COC(=O)c1ccccc1)COCC(O)COC(=O)c1ccccc1. The predicted molar refractivity (Wildman–Crippen MR) is 121 cm³/mol. The molecule has 8 nitrogen and oxygen atoms in total. The first-order valence-electron chi connectivity index (χ1n) is 10.7. The molecule has 0 saturated heterocycles. The fourth-order valence-electron chi connectivity index (χ4n) is 2.74. The van der Waals surface area contributed by atoms with Gasteiger partial charge >= 0.3 is 11.9 Å². The first-order valence-corrected chi connectivity index (χ1v) is 10.7. The Morgan fingerprint density at radius 3 is 1.42 bits per heavy atom. The first-order chi connectivity index (χ1) is 15.8. The molecule has 2 rings (SSSR count). The highest BCUT2D eigenvalue weighted by atomic mass is 16.6. The molecule has 0 aromatic heterocycles. The van der Waals surface area contributed by atoms with Crippen LogP contribution in [-0.2, 0) is 18.9 Å². The summed E-state index contributed by atoms with van der Waals surface area (Å²) in [5.74, 6) is -1.01. The quantitative estimate of drug-likeness (QED) is 0.414. The lowest BCUT2D eigenvalue weighted by Crippen LogP contribution is -2.32. The van der Waals surface area contributed by atoms with E-state index in [1.165, 1.54) is 0 Å². The van der Waals surface area contributed by atoms with Gasteiger partial charge in [0, 0.05) is 5.41 Å². The molecule has 0 bridgehead atoms. The Bertz CT molecular complexity index is 769. The van der Waals surface area contributed by atoms with Gasteiger partial charge in [-0.25, -0.2) is 9.59 Å². The highest BCUT2D eigenvalue weighted by Gasteiger charge is 2.21. The summed E-state index contributed by atoms with van der Waals surface area (Å²) < 4.78 is 21.2. The summed E-state index contributed by atoms with van der Waals surface area (Å²) >= 11 is 0. The molecule has 2 aromatic rings. The highest BCUT2D eigenvalue weighted by molar-refractivity contribution is 5.89. The Morgan fingerprint density at radius 2 is 1.06 bits per heavy atom. The monoisotopic (exact) mass is 460 g/mol. The van der Waals surface area contributed by atoms with Crippen LogP contribution in [0.4, 0.5) is 0 Å². The number of benzene rings is 2. The van der Waals surface area contributed by atoms with Gasteiger partial charge < -0.3 is 29.2 Å². The largest absolute Gasteiger partial charge is 0.459 e. The zero-order valence-electron chi connectivity index (χ0n) is 19.0. The second-order valence-electron chi connectivity index (χ2n) is 8.43. The van der Waals surface area contributed by atoms with Crippen LogP contribution in [0, 0.1) is 5.41 Å². The average molecular weight is 461 g/mol. The smallest absolute Gasteiger partial charge is 0.338 e. The van der Waals surface area contributed by atoms with Crippen LogP contribution in [0.1, 0.15) is 34.6 Å². The van der Waals surface area contributed by atoms with Crippen LogP contribution in [0.3, 0.4) is 0 Å². The van der Waals surface area contributed by atoms with E-state index < -0.39 is 24.1 Å². The Hall–Kier alpha value is -2.78. The molecule has 0 aliphatic rings. The fraction of sp³-hybridized carbons (Fsp3) is 0.440. The van der Waals surface area contributed by atoms with Crippen molar-refractivity contribution >= 4 is 11.9 Å². The molecule has 0 spiro atoms. The van der Waals surface area contributed by atoms with Gasteiger partial charge in [0.05, 0.1) is 37.6 Å². The van der Waals surface area contributed by atoms with Crippen LogP contribution < -0.4 is 0 Å². The van der Waals surface area contributed by atoms with E-state index in [-0.39, 0.29) is 45.1 Å². The number of ether oxygens (including phenoxy) is 4. The van der Waals surface area contributed by atoms with Crippen LogP contribution in [0.25, 0.3) is 0 Å². The second-order valence-corrected chi connectivity index (χ2v) is 8.43. The van der Waals surface area contributed by atoms with Gasteiger partial charge in [-0.05, 0) is 24.3 Å². The molecule has 0 radical (unpaired) electrons. The van der Waals surface area contributed by atoms with Crippen molar-refractivity contribution in [2.75, 3.05) is 39.6 Å². The molecular formula is C25H32O8. The predicted octanol–water partition coefficient (Wildman–Crippen LogP) is 2.48. The van der Waals surface area contributed by atoms with Crippen LogP contribution in [0.15, 0.2) is 60.7 Å².